The first-order valence-corrected chi connectivity index (χ1v) is 8.59. The molecule has 0 saturated carbocycles. The normalized spacial score (nSPS) is 23.1. The molecule has 2 nitrogen and oxygen atoms in total. The topological polar surface area (TPSA) is 20.3 Å². The van der Waals surface area contributed by atoms with Crippen molar-refractivity contribution in [2.75, 3.05) is 13.1 Å². The zero-order chi connectivity index (χ0) is 15.1. The number of hydrogen-bond donors (Lipinski definition) is 0. The second-order valence-electron chi connectivity index (χ2n) is 6.27. The molecule has 1 aliphatic rings. The average Bonchev–Trinajstić information content (AvgIpc) is 2.54. The number of Topliss-reactive ketones (excluding diaryl/α,β-unsaturated/α-hetero) is 1. The number of hydrogen-bond acceptors (Lipinski definition) is 2. The van der Waals surface area contributed by atoms with Crippen LogP contribution in [0, 0.1) is 0 Å². The Bertz CT molecular complexity index is 440. The molecule has 2 rings (SSSR count). The Morgan fingerprint density at radius 1 is 1.14 bits per heavy atom. The number of carbonyl (C=O) groups excluding carboxylic acids is 1. The highest BCUT2D eigenvalue weighted by atomic mass is 16.1. The van der Waals surface area contributed by atoms with E-state index in [0.29, 0.717) is 5.78 Å². The van der Waals surface area contributed by atoms with E-state index in [2.05, 4.69) is 18.7 Å². The molecule has 0 aliphatic carbocycles. The van der Waals surface area contributed by atoms with E-state index in [1.807, 2.05) is 30.3 Å². The first-order chi connectivity index (χ1) is 10.2. The Balaban J connectivity index is 2.32. The zero-order valence-corrected chi connectivity index (χ0v) is 13.6. The van der Waals surface area contributed by atoms with Crippen molar-refractivity contribution < 1.29 is 4.79 Å². The molecule has 0 N–H and O–H groups in total. The van der Waals surface area contributed by atoms with Gasteiger partial charge in [-0.25, -0.2) is 0 Å². The van der Waals surface area contributed by atoms with Crippen LogP contribution in [0.4, 0.5) is 0 Å². The molecule has 0 amide bonds. The molecule has 1 atom stereocenters. The Morgan fingerprint density at radius 2 is 1.90 bits per heavy atom. The van der Waals surface area contributed by atoms with E-state index in [1.165, 1.54) is 12.8 Å². The lowest BCUT2D eigenvalue weighted by Gasteiger charge is -2.46. The van der Waals surface area contributed by atoms with E-state index in [0.717, 1.165) is 50.8 Å². The third-order valence-corrected chi connectivity index (χ3v) is 4.77. The van der Waals surface area contributed by atoms with Gasteiger partial charge >= 0.3 is 0 Å². The molecule has 0 radical (unpaired) electrons. The van der Waals surface area contributed by atoms with E-state index >= 15 is 0 Å². The summed E-state index contributed by atoms with van der Waals surface area (Å²) >= 11 is 0. The highest BCUT2D eigenvalue weighted by molar-refractivity contribution is 6.03. The predicted molar refractivity (Wildman–Crippen MR) is 88.7 cm³/mol. The van der Waals surface area contributed by atoms with Crippen LogP contribution in [0.3, 0.4) is 0 Å². The van der Waals surface area contributed by atoms with Crippen molar-refractivity contribution >= 4 is 5.78 Å². The number of benzene rings is 1. The summed E-state index contributed by atoms with van der Waals surface area (Å²) in [4.78, 5) is 15.8. The highest BCUT2D eigenvalue weighted by Crippen LogP contribution is 2.36. The third kappa shape index (κ3) is 3.55. The van der Waals surface area contributed by atoms with Gasteiger partial charge < -0.3 is 0 Å². The number of carbonyl (C=O) groups is 1. The number of nitrogens with zero attached hydrogens (tertiary/aromatic N) is 1. The molecule has 116 valence electrons. The maximum atomic E-state index is 13.3. The van der Waals surface area contributed by atoms with E-state index in [-0.39, 0.29) is 5.54 Å². The molecule has 1 unspecified atom stereocenters. The predicted octanol–water partition coefficient (Wildman–Crippen LogP) is 4.69. The van der Waals surface area contributed by atoms with Crippen LogP contribution < -0.4 is 0 Å². The monoisotopic (exact) mass is 287 g/mol. The van der Waals surface area contributed by atoms with Gasteiger partial charge in [-0.2, -0.15) is 0 Å². The van der Waals surface area contributed by atoms with Crippen molar-refractivity contribution in [2.24, 2.45) is 0 Å². The molecule has 1 heterocycles. The molecule has 0 aromatic heterocycles. The van der Waals surface area contributed by atoms with Crippen LogP contribution in [0.25, 0.3) is 0 Å². The lowest BCUT2D eigenvalue weighted by Crippen LogP contribution is -2.57. The summed E-state index contributed by atoms with van der Waals surface area (Å²) in [6.45, 7) is 6.55. The van der Waals surface area contributed by atoms with Crippen molar-refractivity contribution in [2.45, 2.75) is 64.3 Å². The van der Waals surface area contributed by atoms with Gasteiger partial charge in [-0.3, -0.25) is 9.69 Å². The summed E-state index contributed by atoms with van der Waals surface area (Å²) in [5, 5.41) is 0. The Kier molecular flexibility index (Phi) is 5.98. The van der Waals surface area contributed by atoms with Gasteiger partial charge in [-0.1, -0.05) is 57.0 Å². The summed E-state index contributed by atoms with van der Waals surface area (Å²) in [5.41, 5.74) is 0.641. The van der Waals surface area contributed by atoms with Crippen LogP contribution in [0.1, 0.15) is 69.2 Å². The molecule has 1 saturated heterocycles. The summed E-state index contributed by atoms with van der Waals surface area (Å²) in [5.74, 6) is 0.352. The SMILES string of the molecule is CCCCC1(C(=O)c2ccccc2)CCCCN1CCC. The van der Waals surface area contributed by atoms with Gasteiger partial charge in [-0.15, -0.1) is 0 Å². The molecule has 0 bridgehead atoms. The van der Waals surface area contributed by atoms with Gasteiger partial charge in [0.25, 0.3) is 0 Å². The fourth-order valence-electron chi connectivity index (χ4n) is 3.67. The number of likely N-dealkylation sites (tertiary alicyclic amines) is 1. The van der Waals surface area contributed by atoms with Crippen LogP contribution in [0.2, 0.25) is 0 Å². The van der Waals surface area contributed by atoms with Gasteiger partial charge in [0.05, 0.1) is 5.54 Å². The van der Waals surface area contributed by atoms with Gasteiger partial charge in [0.1, 0.15) is 0 Å². The van der Waals surface area contributed by atoms with Crippen molar-refractivity contribution in [3.63, 3.8) is 0 Å². The number of rotatable bonds is 7. The minimum Gasteiger partial charge on any atom is -0.292 e. The molecular weight excluding hydrogens is 258 g/mol. The maximum Gasteiger partial charge on any atom is 0.183 e. The van der Waals surface area contributed by atoms with Crippen LogP contribution in [-0.4, -0.2) is 29.3 Å². The largest absolute Gasteiger partial charge is 0.292 e. The van der Waals surface area contributed by atoms with Crippen molar-refractivity contribution in [3.05, 3.63) is 35.9 Å². The molecule has 21 heavy (non-hydrogen) atoms. The van der Waals surface area contributed by atoms with E-state index in [4.69, 9.17) is 0 Å². The molecule has 1 aliphatic heterocycles. The van der Waals surface area contributed by atoms with Crippen LogP contribution in [0.15, 0.2) is 30.3 Å². The molecule has 1 aromatic carbocycles. The number of piperidine rings is 1. The third-order valence-electron chi connectivity index (χ3n) is 4.77. The lowest BCUT2D eigenvalue weighted by atomic mass is 9.76. The second-order valence-corrected chi connectivity index (χ2v) is 6.27. The van der Waals surface area contributed by atoms with Gasteiger partial charge in [-0.05, 0) is 45.2 Å². The van der Waals surface area contributed by atoms with E-state index < -0.39 is 0 Å². The maximum absolute atomic E-state index is 13.3. The highest BCUT2D eigenvalue weighted by Gasteiger charge is 2.44. The second kappa shape index (κ2) is 7.74. The minimum atomic E-state index is -0.244. The first-order valence-electron chi connectivity index (χ1n) is 8.59. The van der Waals surface area contributed by atoms with Gasteiger partial charge in [0.15, 0.2) is 5.78 Å². The van der Waals surface area contributed by atoms with Crippen LogP contribution in [-0.2, 0) is 0 Å². The average molecular weight is 287 g/mol. The Hall–Kier alpha value is -1.15. The summed E-state index contributed by atoms with van der Waals surface area (Å²) in [6.07, 6.45) is 7.87. The number of unbranched alkanes of at least 4 members (excludes halogenated alkanes) is 1. The molecule has 1 aromatic rings. The standard InChI is InChI=1S/C19H29NO/c1-3-5-13-19(14-9-10-16-20(19)15-4-2)18(21)17-11-7-6-8-12-17/h6-8,11-12H,3-5,9-10,13-16H2,1-2H3. The zero-order valence-electron chi connectivity index (χ0n) is 13.6. The van der Waals surface area contributed by atoms with Crippen molar-refractivity contribution in [3.8, 4) is 0 Å². The van der Waals surface area contributed by atoms with E-state index in [1.54, 1.807) is 0 Å². The molecule has 0 spiro atoms. The van der Waals surface area contributed by atoms with E-state index in [9.17, 15) is 4.79 Å². The van der Waals surface area contributed by atoms with Gasteiger partial charge in [0.2, 0.25) is 0 Å². The van der Waals surface area contributed by atoms with Crippen molar-refractivity contribution in [1.82, 2.24) is 4.90 Å². The van der Waals surface area contributed by atoms with Gasteiger partial charge in [0, 0.05) is 5.56 Å². The fraction of sp³-hybridized carbons (Fsp3) is 0.632. The minimum absolute atomic E-state index is 0.244. The smallest absolute Gasteiger partial charge is 0.183 e. The lowest BCUT2D eigenvalue weighted by molar-refractivity contribution is 0.0308. The van der Waals surface area contributed by atoms with Crippen LogP contribution in [0.5, 0.6) is 0 Å². The number of ketones is 1. The summed E-state index contributed by atoms with van der Waals surface area (Å²) < 4.78 is 0. The Morgan fingerprint density at radius 3 is 2.57 bits per heavy atom. The van der Waals surface area contributed by atoms with Crippen molar-refractivity contribution in [1.29, 1.82) is 0 Å². The molecule has 2 heteroatoms. The quantitative estimate of drug-likeness (QED) is 0.678. The molecule has 1 fully saturated rings. The fourth-order valence-corrected chi connectivity index (χ4v) is 3.67. The summed E-state index contributed by atoms with van der Waals surface area (Å²) in [7, 11) is 0. The first kappa shape index (κ1) is 16.2. The molecular formula is C19H29NO. The Labute approximate surface area is 129 Å². The summed E-state index contributed by atoms with van der Waals surface area (Å²) in [6, 6.07) is 9.91. The van der Waals surface area contributed by atoms with Crippen LogP contribution >= 0.6 is 0 Å².